The van der Waals surface area contributed by atoms with Crippen molar-refractivity contribution in [1.82, 2.24) is 4.90 Å². The van der Waals surface area contributed by atoms with Gasteiger partial charge in [0.2, 0.25) is 0 Å². The highest BCUT2D eigenvalue weighted by Gasteiger charge is 2.35. The molecule has 2 fully saturated rings. The molecule has 0 radical (unpaired) electrons. The first-order valence-corrected chi connectivity index (χ1v) is 7.22. The number of ether oxygens (including phenoxy) is 2. The fourth-order valence-electron chi connectivity index (χ4n) is 2.82. The lowest BCUT2D eigenvalue weighted by Gasteiger charge is -2.33. The van der Waals surface area contributed by atoms with Crippen molar-refractivity contribution in [2.45, 2.75) is 51.7 Å². The number of likely N-dealkylation sites (tertiary alicyclic amines) is 1. The van der Waals surface area contributed by atoms with Gasteiger partial charge in [0, 0.05) is 13.1 Å². The monoisotopic (exact) mass is 269 g/mol. The number of nitrogens with zero attached hydrogens (tertiary/aromatic N) is 1. The van der Waals surface area contributed by atoms with Gasteiger partial charge in [0.1, 0.15) is 6.10 Å². The van der Waals surface area contributed by atoms with Gasteiger partial charge in [-0.3, -0.25) is 9.59 Å². The van der Waals surface area contributed by atoms with Crippen molar-refractivity contribution in [3.8, 4) is 0 Å². The summed E-state index contributed by atoms with van der Waals surface area (Å²) in [5.41, 5.74) is 0. The van der Waals surface area contributed by atoms with Crippen LogP contribution in [0, 0.1) is 5.92 Å². The van der Waals surface area contributed by atoms with Crippen LogP contribution in [0.4, 0.5) is 0 Å². The molecule has 2 heterocycles. The Labute approximate surface area is 114 Å². The summed E-state index contributed by atoms with van der Waals surface area (Å²) in [5.74, 6) is -0.310. The van der Waals surface area contributed by atoms with Crippen molar-refractivity contribution in [3.63, 3.8) is 0 Å². The zero-order valence-electron chi connectivity index (χ0n) is 11.8. The summed E-state index contributed by atoms with van der Waals surface area (Å²) >= 11 is 0. The Bertz CT molecular complexity index is 344. The van der Waals surface area contributed by atoms with Crippen LogP contribution in [0.5, 0.6) is 0 Å². The van der Waals surface area contributed by atoms with Gasteiger partial charge >= 0.3 is 5.97 Å². The van der Waals surface area contributed by atoms with Gasteiger partial charge in [-0.25, -0.2) is 0 Å². The van der Waals surface area contributed by atoms with Crippen LogP contribution in [0.1, 0.15) is 39.5 Å². The molecule has 3 unspecified atom stereocenters. The molecule has 0 spiro atoms. The molecule has 0 bridgehead atoms. The third kappa shape index (κ3) is 3.47. The highest BCUT2D eigenvalue weighted by molar-refractivity contribution is 5.82. The number of carbonyl (C=O) groups excluding carboxylic acids is 2. The second kappa shape index (κ2) is 6.37. The summed E-state index contributed by atoms with van der Waals surface area (Å²) in [6, 6.07) is 0. The van der Waals surface area contributed by atoms with Crippen LogP contribution in [-0.4, -0.2) is 48.7 Å². The van der Waals surface area contributed by atoms with Gasteiger partial charge in [0.05, 0.1) is 18.6 Å². The van der Waals surface area contributed by atoms with E-state index in [0.29, 0.717) is 13.2 Å². The van der Waals surface area contributed by atoms with E-state index in [4.69, 9.17) is 9.47 Å². The summed E-state index contributed by atoms with van der Waals surface area (Å²) in [4.78, 5) is 25.8. The summed E-state index contributed by atoms with van der Waals surface area (Å²) in [6.45, 7) is 5.39. The maximum Gasteiger partial charge on any atom is 0.310 e. The molecule has 2 saturated heterocycles. The van der Waals surface area contributed by atoms with E-state index in [1.807, 2.05) is 6.92 Å². The van der Waals surface area contributed by atoms with Crippen LogP contribution in [0.3, 0.4) is 0 Å². The lowest BCUT2D eigenvalue weighted by Crippen LogP contribution is -2.46. The molecule has 0 aromatic carbocycles. The van der Waals surface area contributed by atoms with E-state index in [0.717, 1.165) is 32.2 Å². The molecular formula is C14H23NO4. The fourth-order valence-corrected chi connectivity index (χ4v) is 2.82. The molecule has 2 aliphatic heterocycles. The number of piperidine rings is 1. The van der Waals surface area contributed by atoms with E-state index in [2.05, 4.69) is 0 Å². The Morgan fingerprint density at radius 1 is 1.32 bits per heavy atom. The fraction of sp³-hybridized carbons (Fsp3) is 0.857. The first kappa shape index (κ1) is 14.3. The number of hydrogen-bond acceptors (Lipinski definition) is 4. The second-order valence-corrected chi connectivity index (χ2v) is 5.39. The Balaban J connectivity index is 1.89. The molecule has 3 atom stereocenters. The molecular weight excluding hydrogens is 246 g/mol. The average Bonchev–Trinajstić information content (AvgIpc) is 2.85. The van der Waals surface area contributed by atoms with Gasteiger partial charge in [-0.2, -0.15) is 0 Å². The molecule has 2 aliphatic rings. The van der Waals surface area contributed by atoms with E-state index < -0.39 is 0 Å². The number of carbonyl (C=O) groups is 2. The molecule has 108 valence electrons. The third-order valence-electron chi connectivity index (χ3n) is 3.86. The number of hydrogen-bond donors (Lipinski definition) is 0. The third-order valence-corrected chi connectivity index (χ3v) is 3.86. The largest absolute Gasteiger partial charge is 0.466 e. The van der Waals surface area contributed by atoms with Gasteiger partial charge in [0.25, 0.3) is 5.91 Å². The Morgan fingerprint density at radius 3 is 2.74 bits per heavy atom. The molecule has 0 N–H and O–H groups in total. The summed E-state index contributed by atoms with van der Waals surface area (Å²) in [5, 5.41) is 0. The van der Waals surface area contributed by atoms with E-state index in [-0.39, 0.29) is 30.0 Å². The number of amides is 1. The Morgan fingerprint density at radius 2 is 2.11 bits per heavy atom. The van der Waals surface area contributed by atoms with Crippen LogP contribution < -0.4 is 0 Å². The number of rotatable bonds is 3. The van der Waals surface area contributed by atoms with Gasteiger partial charge in [-0.05, 0) is 39.5 Å². The van der Waals surface area contributed by atoms with Crippen molar-refractivity contribution in [2.75, 3.05) is 19.7 Å². The van der Waals surface area contributed by atoms with E-state index in [9.17, 15) is 9.59 Å². The van der Waals surface area contributed by atoms with E-state index in [1.54, 1.807) is 11.8 Å². The Hall–Kier alpha value is -1.10. The average molecular weight is 269 g/mol. The first-order chi connectivity index (χ1) is 9.11. The molecule has 0 saturated carbocycles. The van der Waals surface area contributed by atoms with Gasteiger partial charge < -0.3 is 14.4 Å². The minimum Gasteiger partial charge on any atom is -0.466 e. The van der Waals surface area contributed by atoms with Gasteiger partial charge in [-0.1, -0.05) is 0 Å². The first-order valence-electron chi connectivity index (χ1n) is 7.22. The van der Waals surface area contributed by atoms with Crippen molar-refractivity contribution in [3.05, 3.63) is 0 Å². The zero-order chi connectivity index (χ0) is 13.8. The molecule has 2 rings (SSSR count). The maximum absolute atomic E-state index is 12.3. The molecule has 5 heteroatoms. The normalized spacial score (nSPS) is 31.3. The van der Waals surface area contributed by atoms with Crippen molar-refractivity contribution in [1.29, 1.82) is 0 Å². The SMILES string of the molecule is CCOC(=O)C1CCCN(C(=O)C2CCC(C)O2)C1. The molecule has 1 amide bonds. The van der Waals surface area contributed by atoms with E-state index in [1.165, 1.54) is 0 Å². The molecule has 0 aromatic heterocycles. The van der Waals surface area contributed by atoms with Gasteiger partial charge in [-0.15, -0.1) is 0 Å². The van der Waals surface area contributed by atoms with Crippen LogP contribution in [0.15, 0.2) is 0 Å². The molecule has 0 aliphatic carbocycles. The maximum atomic E-state index is 12.3. The van der Waals surface area contributed by atoms with Crippen LogP contribution in [-0.2, 0) is 19.1 Å². The summed E-state index contributed by atoms with van der Waals surface area (Å²) in [7, 11) is 0. The lowest BCUT2D eigenvalue weighted by atomic mass is 9.97. The standard InChI is InChI=1S/C14H23NO4/c1-3-18-14(17)11-5-4-8-15(9-11)13(16)12-7-6-10(2)19-12/h10-12H,3-9H2,1-2H3. The predicted molar refractivity (Wildman–Crippen MR) is 69.5 cm³/mol. The van der Waals surface area contributed by atoms with Gasteiger partial charge in [0.15, 0.2) is 0 Å². The van der Waals surface area contributed by atoms with Crippen molar-refractivity contribution < 1.29 is 19.1 Å². The minimum atomic E-state index is -0.309. The van der Waals surface area contributed by atoms with E-state index >= 15 is 0 Å². The quantitative estimate of drug-likeness (QED) is 0.726. The van der Waals surface area contributed by atoms with Crippen LogP contribution >= 0.6 is 0 Å². The Kier molecular flexibility index (Phi) is 4.80. The van der Waals surface area contributed by atoms with Crippen LogP contribution in [0.25, 0.3) is 0 Å². The predicted octanol–water partition coefficient (Wildman–Crippen LogP) is 1.36. The van der Waals surface area contributed by atoms with Crippen molar-refractivity contribution >= 4 is 11.9 Å². The summed E-state index contributed by atoms with van der Waals surface area (Å²) < 4.78 is 10.7. The highest BCUT2D eigenvalue weighted by atomic mass is 16.5. The van der Waals surface area contributed by atoms with Crippen LogP contribution in [0.2, 0.25) is 0 Å². The smallest absolute Gasteiger partial charge is 0.310 e. The lowest BCUT2D eigenvalue weighted by molar-refractivity contribution is -0.153. The molecule has 5 nitrogen and oxygen atoms in total. The number of esters is 1. The highest BCUT2D eigenvalue weighted by Crippen LogP contribution is 2.24. The second-order valence-electron chi connectivity index (χ2n) is 5.39. The molecule has 19 heavy (non-hydrogen) atoms. The zero-order valence-corrected chi connectivity index (χ0v) is 11.8. The molecule has 0 aromatic rings. The minimum absolute atomic E-state index is 0.0401. The topological polar surface area (TPSA) is 55.8 Å². The van der Waals surface area contributed by atoms with Crippen molar-refractivity contribution in [2.24, 2.45) is 5.92 Å². The summed E-state index contributed by atoms with van der Waals surface area (Å²) in [6.07, 6.45) is 3.25.